The molecule has 1 fully saturated rings. The van der Waals surface area contributed by atoms with Crippen molar-refractivity contribution in [1.29, 1.82) is 0 Å². The average Bonchev–Trinajstić information content (AvgIpc) is 2.40. The number of ether oxygens (including phenoxy) is 2. The molecule has 4 heteroatoms. The van der Waals surface area contributed by atoms with E-state index >= 15 is 0 Å². The molecular weight excluding hydrogens is 264 g/mol. The van der Waals surface area contributed by atoms with E-state index < -0.39 is 6.10 Å². The molecule has 1 N–H and O–H groups in total. The van der Waals surface area contributed by atoms with Gasteiger partial charge in [0.2, 0.25) is 0 Å². The van der Waals surface area contributed by atoms with Crippen LogP contribution < -0.4 is 4.74 Å². The first-order valence-electron chi connectivity index (χ1n) is 6.81. The van der Waals surface area contributed by atoms with E-state index in [1.807, 2.05) is 12.1 Å². The number of methoxy groups -OCH3 is 1. The Kier molecular flexibility index (Phi) is 3.46. The number of fused-ring (bicyclic) bond motifs is 1. The Morgan fingerprint density at radius 1 is 1.42 bits per heavy atom. The summed E-state index contributed by atoms with van der Waals surface area (Å²) in [4.78, 5) is 0. The van der Waals surface area contributed by atoms with Crippen LogP contribution in [-0.2, 0) is 4.74 Å². The molecule has 3 rings (SSSR count). The molecule has 3 nitrogen and oxygen atoms in total. The van der Waals surface area contributed by atoms with Crippen molar-refractivity contribution in [2.45, 2.75) is 49.9 Å². The zero-order valence-electron chi connectivity index (χ0n) is 11.1. The van der Waals surface area contributed by atoms with E-state index in [-0.39, 0.29) is 11.7 Å². The first kappa shape index (κ1) is 13.2. The summed E-state index contributed by atoms with van der Waals surface area (Å²) in [7, 11) is 1.75. The van der Waals surface area contributed by atoms with Crippen molar-refractivity contribution in [2.24, 2.45) is 0 Å². The van der Waals surface area contributed by atoms with Gasteiger partial charge in [0.25, 0.3) is 0 Å². The zero-order chi connectivity index (χ0) is 13.5. The first-order chi connectivity index (χ1) is 9.12. The number of benzene rings is 1. The highest BCUT2D eigenvalue weighted by atomic mass is 35.5. The fourth-order valence-electron chi connectivity index (χ4n) is 3.36. The molecule has 0 saturated heterocycles. The minimum Gasteiger partial charge on any atom is -0.487 e. The molecule has 2 aliphatic rings. The summed E-state index contributed by atoms with van der Waals surface area (Å²) in [5.74, 6) is 0.764. The van der Waals surface area contributed by atoms with Crippen LogP contribution in [0.5, 0.6) is 5.75 Å². The maximum atomic E-state index is 10.4. The van der Waals surface area contributed by atoms with E-state index in [0.717, 1.165) is 37.0 Å². The lowest BCUT2D eigenvalue weighted by Gasteiger charge is -2.45. The molecule has 0 aromatic heterocycles. The minimum atomic E-state index is -0.502. The van der Waals surface area contributed by atoms with Crippen molar-refractivity contribution in [3.8, 4) is 5.75 Å². The smallest absolute Gasteiger partial charge is 0.126 e. The molecule has 1 saturated carbocycles. The fourth-order valence-corrected chi connectivity index (χ4v) is 3.54. The Morgan fingerprint density at radius 2 is 2.26 bits per heavy atom. The van der Waals surface area contributed by atoms with Gasteiger partial charge in [-0.15, -0.1) is 0 Å². The zero-order valence-corrected chi connectivity index (χ0v) is 11.8. The van der Waals surface area contributed by atoms with Gasteiger partial charge in [0.1, 0.15) is 11.4 Å². The van der Waals surface area contributed by atoms with Crippen molar-refractivity contribution in [1.82, 2.24) is 0 Å². The Morgan fingerprint density at radius 3 is 3.05 bits per heavy atom. The number of aliphatic hydroxyl groups is 1. The molecule has 0 bridgehead atoms. The standard InChI is InChI=1S/C15H19ClO3/c1-18-11-3-2-6-15(8-11)9-13(17)12-7-10(16)4-5-14(12)19-15/h4-5,7,11,13,17H,2-3,6,8-9H2,1H3/t11?,13-,15?/m1/s1. The molecule has 0 radical (unpaired) electrons. The Labute approximate surface area is 118 Å². The monoisotopic (exact) mass is 282 g/mol. The van der Waals surface area contributed by atoms with Gasteiger partial charge in [-0.2, -0.15) is 0 Å². The number of hydrogen-bond donors (Lipinski definition) is 1. The topological polar surface area (TPSA) is 38.7 Å². The van der Waals surface area contributed by atoms with Crippen LogP contribution in [0.25, 0.3) is 0 Å². The molecule has 0 amide bonds. The van der Waals surface area contributed by atoms with Crippen LogP contribution >= 0.6 is 11.6 Å². The third-order valence-corrected chi connectivity index (χ3v) is 4.55. The van der Waals surface area contributed by atoms with Crippen LogP contribution in [-0.4, -0.2) is 23.9 Å². The lowest BCUT2D eigenvalue weighted by Crippen LogP contribution is -2.46. The summed E-state index contributed by atoms with van der Waals surface area (Å²) in [6.45, 7) is 0. The lowest BCUT2D eigenvalue weighted by atomic mass is 9.76. The van der Waals surface area contributed by atoms with Gasteiger partial charge in [-0.1, -0.05) is 11.6 Å². The quantitative estimate of drug-likeness (QED) is 0.857. The van der Waals surface area contributed by atoms with Crippen molar-refractivity contribution in [3.05, 3.63) is 28.8 Å². The Hall–Kier alpha value is -0.770. The van der Waals surface area contributed by atoms with Gasteiger partial charge < -0.3 is 14.6 Å². The molecule has 1 aromatic rings. The van der Waals surface area contributed by atoms with Crippen molar-refractivity contribution in [3.63, 3.8) is 0 Å². The summed E-state index contributed by atoms with van der Waals surface area (Å²) >= 11 is 5.98. The van der Waals surface area contributed by atoms with E-state index in [4.69, 9.17) is 21.1 Å². The molecule has 1 aliphatic carbocycles. The summed E-state index contributed by atoms with van der Waals surface area (Å²) in [6.07, 6.45) is 4.33. The minimum absolute atomic E-state index is 0.231. The lowest BCUT2D eigenvalue weighted by molar-refractivity contribution is -0.0796. The second-order valence-corrected chi connectivity index (χ2v) is 6.08. The van der Waals surface area contributed by atoms with Crippen molar-refractivity contribution in [2.75, 3.05) is 7.11 Å². The van der Waals surface area contributed by atoms with E-state index in [9.17, 15) is 5.11 Å². The molecular formula is C15H19ClO3. The summed E-state index contributed by atoms with van der Waals surface area (Å²) in [5, 5.41) is 11.0. The molecule has 104 valence electrons. The highest BCUT2D eigenvalue weighted by Crippen LogP contribution is 2.47. The van der Waals surface area contributed by atoms with Gasteiger partial charge in [0.05, 0.1) is 12.2 Å². The molecule has 1 aliphatic heterocycles. The second kappa shape index (κ2) is 4.97. The molecule has 1 spiro atoms. The predicted molar refractivity (Wildman–Crippen MR) is 73.7 cm³/mol. The molecule has 3 atom stereocenters. The molecule has 2 unspecified atom stereocenters. The first-order valence-corrected chi connectivity index (χ1v) is 7.19. The van der Waals surface area contributed by atoms with Gasteiger partial charge in [-0.3, -0.25) is 0 Å². The van der Waals surface area contributed by atoms with E-state index in [0.29, 0.717) is 11.4 Å². The number of rotatable bonds is 1. The molecule has 1 aromatic carbocycles. The number of hydrogen-bond acceptors (Lipinski definition) is 3. The Bertz CT molecular complexity index is 476. The van der Waals surface area contributed by atoms with Gasteiger partial charge in [-0.05, 0) is 37.5 Å². The normalized spacial score (nSPS) is 33.8. The molecule has 19 heavy (non-hydrogen) atoms. The maximum absolute atomic E-state index is 10.4. The van der Waals surface area contributed by atoms with E-state index in [2.05, 4.69) is 0 Å². The highest BCUT2D eigenvalue weighted by molar-refractivity contribution is 6.30. The predicted octanol–water partition coefficient (Wildman–Crippen LogP) is 3.48. The van der Waals surface area contributed by atoms with Crippen LogP contribution in [0.2, 0.25) is 5.02 Å². The number of halogens is 1. The molecule has 1 heterocycles. The van der Waals surface area contributed by atoms with Gasteiger partial charge >= 0.3 is 0 Å². The summed E-state index contributed by atoms with van der Waals surface area (Å²) < 4.78 is 11.7. The third kappa shape index (κ3) is 2.47. The van der Waals surface area contributed by atoms with Gasteiger partial charge in [0, 0.05) is 30.5 Å². The van der Waals surface area contributed by atoms with Crippen LogP contribution in [0.1, 0.15) is 43.8 Å². The van der Waals surface area contributed by atoms with Gasteiger partial charge in [-0.25, -0.2) is 0 Å². The van der Waals surface area contributed by atoms with Crippen LogP contribution in [0.4, 0.5) is 0 Å². The SMILES string of the molecule is COC1CCCC2(C1)C[C@@H](O)c1cc(Cl)ccc1O2. The van der Waals surface area contributed by atoms with Gasteiger partial charge in [0.15, 0.2) is 0 Å². The maximum Gasteiger partial charge on any atom is 0.126 e. The van der Waals surface area contributed by atoms with Crippen LogP contribution in [0.3, 0.4) is 0 Å². The Balaban J connectivity index is 1.89. The van der Waals surface area contributed by atoms with E-state index in [1.54, 1.807) is 13.2 Å². The summed E-state index contributed by atoms with van der Waals surface area (Å²) in [5.41, 5.74) is 0.525. The fraction of sp³-hybridized carbons (Fsp3) is 0.600. The number of aliphatic hydroxyl groups excluding tert-OH is 1. The largest absolute Gasteiger partial charge is 0.487 e. The third-order valence-electron chi connectivity index (χ3n) is 4.31. The summed E-state index contributed by atoms with van der Waals surface area (Å²) in [6, 6.07) is 5.46. The highest BCUT2D eigenvalue weighted by Gasteiger charge is 2.44. The van der Waals surface area contributed by atoms with Crippen LogP contribution in [0, 0.1) is 0 Å². The second-order valence-electron chi connectivity index (χ2n) is 5.64. The van der Waals surface area contributed by atoms with Crippen molar-refractivity contribution < 1.29 is 14.6 Å². The van der Waals surface area contributed by atoms with Crippen molar-refractivity contribution >= 4 is 11.6 Å². The average molecular weight is 283 g/mol. The van der Waals surface area contributed by atoms with Crippen LogP contribution in [0.15, 0.2) is 18.2 Å². The van der Waals surface area contributed by atoms with E-state index in [1.165, 1.54) is 0 Å².